The van der Waals surface area contributed by atoms with Gasteiger partial charge < -0.3 is 9.64 Å². The van der Waals surface area contributed by atoms with Gasteiger partial charge in [0.05, 0.1) is 11.9 Å². The maximum absolute atomic E-state index is 13.4. The van der Waals surface area contributed by atoms with Crippen molar-refractivity contribution in [2.75, 3.05) is 4.90 Å². The second kappa shape index (κ2) is 7.27. The zero-order chi connectivity index (χ0) is 20.6. The van der Waals surface area contributed by atoms with E-state index in [9.17, 15) is 18.0 Å². The summed E-state index contributed by atoms with van der Waals surface area (Å²) in [6.45, 7) is 2.81. The number of aryl methyl sites for hydroxylation is 1. The van der Waals surface area contributed by atoms with E-state index in [0.29, 0.717) is 6.61 Å². The van der Waals surface area contributed by atoms with E-state index in [1.165, 1.54) is 4.90 Å². The number of fused-ring (bicyclic) bond motifs is 1. The van der Waals surface area contributed by atoms with Crippen molar-refractivity contribution in [3.63, 3.8) is 0 Å². The van der Waals surface area contributed by atoms with E-state index in [2.05, 4.69) is 5.10 Å². The Hall–Kier alpha value is -3.29. The largest absolute Gasteiger partial charge is 0.489 e. The SMILES string of the molecule is Cc1ccc(OCc2cccc3c2CN(c2cn[nH]c(=O)c2C(F)(F)F)C3)cc1. The molecule has 2 heterocycles. The molecule has 0 unspecified atom stereocenters. The molecule has 5 nitrogen and oxygen atoms in total. The van der Waals surface area contributed by atoms with E-state index in [4.69, 9.17) is 4.74 Å². The highest BCUT2D eigenvalue weighted by Gasteiger charge is 2.39. The normalized spacial score (nSPS) is 13.4. The van der Waals surface area contributed by atoms with Crippen LogP contribution in [0.5, 0.6) is 5.75 Å². The number of rotatable bonds is 4. The molecule has 1 aliphatic rings. The zero-order valence-electron chi connectivity index (χ0n) is 15.6. The van der Waals surface area contributed by atoms with E-state index in [-0.39, 0.29) is 18.8 Å². The second-order valence-electron chi connectivity index (χ2n) is 6.97. The van der Waals surface area contributed by atoms with Crippen LogP contribution in [0.15, 0.2) is 53.5 Å². The Morgan fingerprint density at radius 1 is 1.14 bits per heavy atom. The van der Waals surface area contributed by atoms with Crippen LogP contribution < -0.4 is 15.2 Å². The van der Waals surface area contributed by atoms with E-state index >= 15 is 0 Å². The number of anilines is 1. The molecule has 2 aromatic carbocycles. The molecule has 4 rings (SSSR count). The molecule has 3 aromatic rings. The van der Waals surface area contributed by atoms with E-state index in [0.717, 1.165) is 34.2 Å². The summed E-state index contributed by atoms with van der Waals surface area (Å²) >= 11 is 0. The van der Waals surface area contributed by atoms with Crippen LogP contribution in [0.25, 0.3) is 0 Å². The van der Waals surface area contributed by atoms with Crippen LogP contribution >= 0.6 is 0 Å². The van der Waals surface area contributed by atoms with Crippen molar-refractivity contribution in [1.82, 2.24) is 10.2 Å². The van der Waals surface area contributed by atoms with Gasteiger partial charge in [-0.05, 0) is 35.7 Å². The van der Waals surface area contributed by atoms with Gasteiger partial charge in [-0.3, -0.25) is 4.79 Å². The third kappa shape index (κ3) is 3.83. The van der Waals surface area contributed by atoms with E-state index < -0.39 is 17.3 Å². The minimum atomic E-state index is -4.77. The number of aromatic amines is 1. The van der Waals surface area contributed by atoms with Gasteiger partial charge in [0.2, 0.25) is 0 Å². The topological polar surface area (TPSA) is 58.2 Å². The Bertz CT molecular complexity index is 1090. The van der Waals surface area contributed by atoms with Gasteiger partial charge in [-0.2, -0.15) is 18.3 Å². The van der Waals surface area contributed by atoms with Crippen LogP contribution in [0.3, 0.4) is 0 Å². The molecule has 150 valence electrons. The van der Waals surface area contributed by atoms with Crippen LogP contribution in [-0.4, -0.2) is 10.2 Å². The summed E-state index contributed by atoms with van der Waals surface area (Å²) < 4.78 is 46.1. The van der Waals surface area contributed by atoms with Crippen molar-refractivity contribution in [2.24, 2.45) is 0 Å². The summed E-state index contributed by atoms with van der Waals surface area (Å²) in [4.78, 5) is 13.3. The minimum Gasteiger partial charge on any atom is -0.489 e. The summed E-state index contributed by atoms with van der Waals surface area (Å²) in [6, 6.07) is 13.3. The fraction of sp³-hybridized carbons (Fsp3) is 0.238. The molecule has 1 aromatic heterocycles. The third-order valence-corrected chi connectivity index (χ3v) is 4.96. The molecule has 0 spiro atoms. The smallest absolute Gasteiger partial charge is 0.423 e. The van der Waals surface area contributed by atoms with E-state index in [1.54, 1.807) is 0 Å². The monoisotopic (exact) mass is 401 g/mol. The quantitative estimate of drug-likeness (QED) is 0.712. The Balaban J connectivity index is 1.60. The van der Waals surface area contributed by atoms with Crippen molar-refractivity contribution in [2.45, 2.75) is 32.8 Å². The minimum absolute atomic E-state index is 0.220. The van der Waals surface area contributed by atoms with Crippen LogP contribution in [0.1, 0.15) is 27.8 Å². The average molecular weight is 401 g/mol. The second-order valence-corrected chi connectivity index (χ2v) is 6.97. The van der Waals surface area contributed by atoms with Crippen LogP contribution in [0.2, 0.25) is 0 Å². The van der Waals surface area contributed by atoms with Crippen molar-refractivity contribution in [1.29, 1.82) is 0 Å². The molecule has 0 aliphatic carbocycles. The number of halogens is 3. The highest BCUT2D eigenvalue weighted by molar-refractivity contribution is 5.57. The predicted molar refractivity (Wildman–Crippen MR) is 102 cm³/mol. The number of alkyl halides is 3. The van der Waals surface area contributed by atoms with Gasteiger partial charge in [0.15, 0.2) is 0 Å². The number of ether oxygens (including phenoxy) is 1. The first-order chi connectivity index (χ1) is 13.8. The first-order valence-corrected chi connectivity index (χ1v) is 9.02. The fourth-order valence-electron chi connectivity index (χ4n) is 3.50. The lowest BCUT2D eigenvalue weighted by atomic mass is 10.0. The summed E-state index contributed by atoms with van der Waals surface area (Å²) in [6.07, 6.45) is -3.71. The maximum Gasteiger partial charge on any atom is 0.423 e. The number of nitrogens with one attached hydrogen (secondary N) is 1. The molecule has 0 saturated heterocycles. The van der Waals surface area contributed by atoms with Crippen molar-refractivity contribution in [3.8, 4) is 5.75 Å². The zero-order valence-corrected chi connectivity index (χ0v) is 15.6. The van der Waals surface area contributed by atoms with Crippen molar-refractivity contribution in [3.05, 3.63) is 86.8 Å². The van der Waals surface area contributed by atoms with Gasteiger partial charge >= 0.3 is 6.18 Å². The van der Waals surface area contributed by atoms with Gasteiger partial charge in [-0.25, -0.2) is 5.10 Å². The van der Waals surface area contributed by atoms with Crippen molar-refractivity contribution >= 4 is 5.69 Å². The van der Waals surface area contributed by atoms with Gasteiger partial charge in [0.1, 0.15) is 17.9 Å². The number of hydrogen-bond donors (Lipinski definition) is 1. The molecule has 8 heteroatoms. The number of aromatic nitrogens is 2. The first-order valence-electron chi connectivity index (χ1n) is 9.02. The molecule has 0 fully saturated rings. The summed E-state index contributed by atoms with van der Waals surface area (Å²) in [5.74, 6) is 0.723. The van der Waals surface area contributed by atoms with Crippen LogP contribution in [-0.2, 0) is 25.9 Å². The molecule has 29 heavy (non-hydrogen) atoms. The van der Waals surface area contributed by atoms with Gasteiger partial charge in [-0.15, -0.1) is 0 Å². The molecule has 1 N–H and O–H groups in total. The summed E-state index contributed by atoms with van der Waals surface area (Å²) in [5, 5.41) is 5.44. The molecule has 0 atom stereocenters. The standard InChI is InChI=1S/C21H18F3N3O2/c1-13-5-7-16(8-6-13)29-12-15-4-2-3-14-10-27(11-17(14)15)18-9-25-26-20(28)19(18)21(22,23)24/h2-9H,10-12H2,1H3,(H,26,28). The number of benzene rings is 2. The molecular weight excluding hydrogens is 383 g/mol. The fourth-order valence-corrected chi connectivity index (χ4v) is 3.50. The predicted octanol–water partition coefficient (Wildman–Crippen LogP) is 4.20. The van der Waals surface area contributed by atoms with E-state index in [1.807, 2.05) is 54.5 Å². The lowest BCUT2D eigenvalue weighted by molar-refractivity contribution is -0.138. The lowest BCUT2D eigenvalue weighted by Crippen LogP contribution is -2.28. The Kier molecular flexibility index (Phi) is 4.77. The molecule has 0 saturated carbocycles. The third-order valence-electron chi connectivity index (χ3n) is 4.96. The Morgan fingerprint density at radius 2 is 1.90 bits per heavy atom. The molecule has 1 aliphatic heterocycles. The average Bonchev–Trinajstić information content (AvgIpc) is 3.11. The molecular formula is C21H18F3N3O2. The maximum atomic E-state index is 13.4. The molecule has 0 bridgehead atoms. The molecule has 0 amide bonds. The summed E-state index contributed by atoms with van der Waals surface area (Å²) in [7, 11) is 0. The van der Waals surface area contributed by atoms with Gasteiger partial charge in [0, 0.05) is 13.1 Å². The highest BCUT2D eigenvalue weighted by Crippen LogP contribution is 2.37. The Morgan fingerprint density at radius 3 is 2.62 bits per heavy atom. The number of H-pyrrole nitrogens is 1. The number of nitrogens with zero attached hydrogens (tertiary/aromatic N) is 2. The highest BCUT2D eigenvalue weighted by atomic mass is 19.4. The van der Waals surface area contributed by atoms with Crippen LogP contribution in [0, 0.1) is 6.92 Å². The van der Waals surface area contributed by atoms with Gasteiger partial charge in [-0.1, -0.05) is 35.9 Å². The van der Waals surface area contributed by atoms with Crippen LogP contribution in [0.4, 0.5) is 18.9 Å². The number of hydrogen-bond acceptors (Lipinski definition) is 4. The lowest BCUT2D eigenvalue weighted by Gasteiger charge is -2.21. The van der Waals surface area contributed by atoms with Crippen molar-refractivity contribution < 1.29 is 17.9 Å². The molecule has 0 radical (unpaired) electrons. The van der Waals surface area contributed by atoms with Gasteiger partial charge in [0.25, 0.3) is 5.56 Å². The summed E-state index contributed by atoms with van der Waals surface area (Å²) in [5.41, 5.74) is 1.16. The Labute approximate surface area is 164 Å². The first kappa shape index (κ1) is 19.0.